The summed E-state index contributed by atoms with van der Waals surface area (Å²) in [4.78, 5) is 14.4. The highest BCUT2D eigenvalue weighted by molar-refractivity contribution is 5.77. The third-order valence-corrected chi connectivity index (χ3v) is 4.17. The van der Waals surface area contributed by atoms with Crippen molar-refractivity contribution >= 4 is 5.91 Å². The van der Waals surface area contributed by atoms with E-state index in [4.69, 9.17) is 14.2 Å². The van der Waals surface area contributed by atoms with Crippen LogP contribution in [0.25, 0.3) is 0 Å². The van der Waals surface area contributed by atoms with E-state index in [1.54, 1.807) is 21.3 Å². The van der Waals surface area contributed by atoms with Crippen molar-refractivity contribution in [2.45, 2.75) is 25.8 Å². The average molecular weight is 322 g/mol. The number of nitrogens with zero attached hydrogens (tertiary/aromatic N) is 1. The topological polar surface area (TPSA) is 60.0 Å². The minimum Gasteiger partial charge on any atom is -0.493 e. The van der Waals surface area contributed by atoms with Crippen molar-refractivity contribution in [1.82, 2.24) is 10.2 Å². The molecule has 1 amide bonds. The molecule has 23 heavy (non-hydrogen) atoms. The van der Waals surface area contributed by atoms with Gasteiger partial charge in [-0.1, -0.05) is 0 Å². The lowest BCUT2D eigenvalue weighted by Gasteiger charge is -2.34. The number of carbonyl (C=O) groups is 1. The molecule has 1 aliphatic rings. The number of nitrogens with one attached hydrogen (secondary N) is 1. The number of ether oxygens (including phenoxy) is 3. The minimum atomic E-state index is 0.188. The second-order valence-corrected chi connectivity index (χ2v) is 5.67. The molecule has 1 aromatic carbocycles. The molecule has 1 N–H and O–H groups in total. The fraction of sp³-hybridized carbons (Fsp3) is 0.588. The molecule has 0 bridgehead atoms. The Morgan fingerprint density at radius 1 is 1.22 bits per heavy atom. The van der Waals surface area contributed by atoms with Crippen LogP contribution in [0.3, 0.4) is 0 Å². The van der Waals surface area contributed by atoms with Crippen molar-refractivity contribution in [3.63, 3.8) is 0 Å². The largest absolute Gasteiger partial charge is 0.493 e. The zero-order valence-electron chi connectivity index (χ0n) is 14.3. The number of rotatable bonds is 6. The highest BCUT2D eigenvalue weighted by atomic mass is 16.5. The van der Waals surface area contributed by atoms with Crippen molar-refractivity contribution in [2.24, 2.45) is 0 Å². The number of aryl methyl sites for hydroxylation is 1. The lowest BCUT2D eigenvalue weighted by Crippen LogP contribution is -2.52. The molecule has 1 aliphatic heterocycles. The lowest BCUT2D eigenvalue weighted by atomic mass is 10.1. The van der Waals surface area contributed by atoms with Crippen LogP contribution in [0.4, 0.5) is 0 Å². The Labute approximate surface area is 137 Å². The van der Waals surface area contributed by atoms with Crippen molar-refractivity contribution in [2.75, 3.05) is 41.0 Å². The number of carbonyl (C=O) groups excluding carboxylic acids is 1. The fourth-order valence-corrected chi connectivity index (χ4v) is 2.89. The molecule has 1 heterocycles. The molecule has 1 aromatic rings. The summed E-state index contributed by atoms with van der Waals surface area (Å²) < 4.78 is 16.0. The van der Waals surface area contributed by atoms with Crippen molar-refractivity contribution in [3.05, 3.63) is 17.7 Å². The predicted octanol–water partition coefficient (Wildman–Crippen LogP) is 1.47. The highest BCUT2D eigenvalue weighted by Gasteiger charge is 2.22. The number of hydrogen-bond donors (Lipinski definition) is 1. The Kier molecular flexibility index (Phi) is 6.10. The Morgan fingerprint density at radius 3 is 2.39 bits per heavy atom. The van der Waals surface area contributed by atoms with Gasteiger partial charge in [0.15, 0.2) is 11.5 Å². The van der Waals surface area contributed by atoms with E-state index in [-0.39, 0.29) is 11.9 Å². The van der Waals surface area contributed by atoms with Crippen LogP contribution in [0.1, 0.15) is 18.9 Å². The second-order valence-electron chi connectivity index (χ2n) is 5.67. The molecule has 0 saturated carbocycles. The summed E-state index contributed by atoms with van der Waals surface area (Å²) in [5.74, 6) is 1.99. The molecule has 6 nitrogen and oxygen atoms in total. The van der Waals surface area contributed by atoms with Crippen LogP contribution in [0.15, 0.2) is 12.1 Å². The van der Waals surface area contributed by atoms with E-state index in [0.29, 0.717) is 30.1 Å². The molecule has 1 atom stereocenters. The smallest absolute Gasteiger partial charge is 0.223 e. The monoisotopic (exact) mass is 322 g/mol. The van der Waals surface area contributed by atoms with E-state index in [0.717, 1.165) is 25.2 Å². The summed E-state index contributed by atoms with van der Waals surface area (Å²) in [6.45, 7) is 4.56. The number of amides is 1. The summed E-state index contributed by atoms with van der Waals surface area (Å²) >= 11 is 0. The first-order chi connectivity index (χ1) is 11.1. The molecule has 6 heteroatoms. The van der Waals surface area contributed by atoms with Gasteiger partial charge in [0, 0.05) is 32.1 Å². The zero-order chi connectivity index (χ0) is 16.8. The number of methoxy groups -OCH3 is 3. The number of hydrogen-bond acceptors (Lipinski definition) is 5. The van der Waals surface area contributed by atoms with E-state index >= 15 is 0 Å². The molecule has 0 radical (unpaired) electrons. The van der Waals surface area contributed by atoms with Gasteiger partial charge in [-0.25, -0.2) is 0 Å². The Balaban J connectivity index is 2.06. The van der Waals surface area contributed by atoms with Crippen molar-refractivity contribution in [1.29, 1.82) is 0 Å². The maximum absolute atomic E-state index is 12.4. The zero-order valence-corrected chi connectivity index (χ0v) is 14.3. The summed E-state index contributed by atoms with van der Waals surface area (Å²) in [5.41, 5.74) is 0.996. The van der Waals surface area contributed by atoms with Crippen LogP contribution >= 0.6 is 0 Å². The molecule has 2 rings (SSSR count). The van der Waals surface area contributed by atoms with Gasteiger partial charge < -0.3 is 24.4 Å². The third-order valence-electron chi connectivity index (χ3n) is 4.17. The van der Waals surface area contributed by atoms with Crippen LogP contribution in [-0.4, -0.2) is 57.8 Å². The average Bonchev–Trinajstić information content (AvgIpc) is 2.58. The van der Waals surface area contributed by atoms with Crippen LogP contribution < -0.4 is 19.5 Å². The molecule has 0 spiro atoms. The predicted molar refractivity (Wildman–Crippen MR) is 88.5 cm³/mol. The molecular formula is C17H26N2O4. The summed E-state index contributed by atoms with van der Waals surface area (Å²) in [6, 6.07) is 4.04. The van der Waals surface area contributed by atoms with Gasteiger partial charge in [-0.15, -0.1) is 0 Å². The Morgan fingerprint density at radius 2 is 1.87 bits per heavy atom. The molecule has 1 unspecified atom stereocenters. The maximum Gasteiger partial charge on any atom is 0.223 e. The first-order valence-corrected chi connectivity index (χ1v) is 7.89. The summed E-state index contributed by atoms with van der Waals surface area (Å²) in [7, 11) is 4.76. The van der Waals surface area contributed by atoms with Gasteiger partial charge in [0.25, 0.3) is 0 Å². The fourth-order valence-electron chi connectivity index (χ4n) is 2.89. The Hall–Kier alpha value is -1.95. The first kappa shape index (κ1) is 17.4. The molecule has 0 aromatic heterocycles. The molecule has 0 aliphatic carbocycles. The van der Waals surface area contributed by atoms with Gasteiger partial charge in [-0.2, -0.15) is 0 Å². The van der Waals surface area contributed by atoms with Gasteiger partial charge in [0.2, 0.25) is 11.7 Å². The van der Waals surface area contributed by atoms with Crippen molar-refractivity contribution in [3.8, 4) is 17.2 Å². The van der Waals surface area contributed by atoms with Gasteiger partial charge in [-0.3, -0.25) is 4.79 Å². The van der Waals surface area contributed by atoms with Gasteiger partial charge in [0.1, 0.15) is 0 Å². The Bertz CT molecular complexity index is 522. The van der Waals surface area contributed by atoms with Gasteiger partial charge in [-0.05, 0) is 31.0 Å². The first-order valence-electron chi connectivity index (χ1n) is 7.89. The van der Waals surface area contributed by atoms with E-state index in [9.17, 15) is 4.79 Å². The van der Waals surface area contributed by atoms with Crippen LogP contribution in [0.2, 0.25) is 0 Å². The van der Waals surface area contributed by atoms with Crippen LogP contribution in [0.5, 0.6) is 17.2 Å². The quantitative estimate of drug-likeness (QED) is 0.859. The summed E-state index contributed by atoms with van der Waals surface area (Å²) in [6.07, 6.45) is 1.12. The maximum atomic E-state index is 12.4. The van der Waals surface area contributed by atoms with E-state index in [1.807, 2.05) is 17.0 Å². The SMILES string of the molecule is COc1cc(CCC(=O)N2CCNCC2C)cc(OC)c1OC. The molecule has 1 fully saturated rings. The number of piperazine rings is 1. The molecular weight excluding hydrogens is 296 g/mol. The normalized spacial score (nSPS) is 17.7. The lowest BCUT2D eigenvalue weighted by molar-refractivity contribution is -0.133. The molecule has 128 valence electrons. The van der Waals surface area contributed by atoms with Gasteiger partial charge >= 0.3 is 0 Å². The standard InChI is InChI=1S/C17H26N2O4/c1-12-11-18-7-8-19(12)16(20)6-5-13-9-14(21-2)17(23-4)15(10-13)22-3/h9-10,12,18H,5-8,11H2,1-4H3. The van der Waals surface area contributed by atoms with E-state index in [2.05, 4.69) is 12.2 Å². The second kappa shape index (κ2) is 8.06. The van der Waals surface area contributed by atoms with Crippen LogP contribution in [0, 0.1) is 0 Å². The summed E-state index contributed by atoms with van der Waals surface area (Å²) in [5, 5.41) is 3.30. The molecule has 1 saturated heterocycles. The van der Waals surface area contributed by atoms with E-state index in [1.165, 1.54) is 0 Å². The van der Waals surface area contributed by atoms with Crippen LogP contribution in [-0.2, 0) is 11.2 Å². The van der Waals surface area contributed by atoms with Gasteiger partial charge in [0.05, 0.1) is 21.3 Å². The third kappa shape index (κ3) is 4.07. The van der Waals surface area contributed by atoms with Crippen molar-refractivity contribution < 1.29 is 19.0 Å². The minimum absolute atomic E-state index is 0.188. The highest BCUT2D eigenvalue weighted by Crippen LogP contribution is 2.38. The van der Waals surface area contributed by atoms with E-state index < -0.39 is 0 Å². The number of benzene rings is 1.